The van der Waals surface area contributed by atoms with E-state index in [4.69, 9.17) is 9.84 Å². The van der Waals surface area contributed by atoms with E-state index in [2.05, 4.69) is 0 Å². The molecule has 0 saturated heterocycles. The summed E-state index contributed by atoms with van der Waals surface area (Å²) >= 11 is 3.27. The first-order valence-electron chi connectivity index (χ1n) is 5.70. The molecule has 104 valence electrons. The van der Waals surface area contributed by atoms with Crippen LogP contribution in [0.15, 0.2) is 0 Å². The van der Waals surface area contributed by atoms with Crippen molar-refractivity contribution >= 4 is 46.0 Å². The molecule has 0 atom stereocenters. The van der Waals surface area contributed by atoms with Crippen molar-refractivity contribution in [3.05, 3.63) is 18.9 Å². The third-order valence-electron chi connectivity index (χ3n) is 2.56. The van der Waals surface area contributed by atoms with Crippen LogP contribution in [0.4, 0.5) is 4.79 Å². The molecule has 0 aromatic carbocycles. The van der Waals surface area contributed by atoms with Gasteiger partial charge in [0.2, 0.25) is 0 Å². The van der Waals surface area contributed by atoms with E-state index in [1.54, 1.807) is 4.90 Å². The van der Waals surface area contributed by atoms with Gasteiger partial charge in [0.1, 0.15) is 10.5 Å². The minimum atomic E-state index is -0.910. The topological polar surface area (TPSA) is 66.8 Å². The fourth-order valence-electron chi connectivity index (χ4n) is 1.79. The van der Waals surface area contributed by atoms with Gasteiger partial charge in [-0.15, -0.1) is 11.3 Å². The Labute approximate surface area is 128 Å². The largest absolute Gasteiger partial charge is 0.477 e. The summed E-state index contributed by atoms with van der Waals surface area (Å²) in [4.78, 5) is 25.9. The summed E-state index contributed by atoms with van der Waals surface area (Å²) in [6.45, 7) is 6.32. The van der Waals surface area contributed by atoms with Crippen LogP contribution in [-0.2, 0) is 17.8 Å². The molecule has 1 aliphatic rings. The number of amides is 1. The molecule has 0 aliphatic carbocycles. The van der Waals surface area contributed by atoms with Crippen molar-refractivity contribution in [1.82, 2.24) is 4.90 Å². The first kappa shape index (κ1) is 14.6. The normalized spacial score (nSPS) is 14.4. The maximum atomic E-state index is 11.9. The summed E-state index contributed by atoms with van der Waals surface area (Å²) in [7, 11) is 0. The highest BCUT2D eigenvalue weighted by molar-refractivity contribution is 14.1. The third kappa shape index (κ3) is 3.02. The molecular weight excluding hydrogens is 381 g/mol. The molecule has 0 spiro atoms. The van der Waals surface area contributed by atoms with Gasteiger partial charge in [-0.3, -0.25) is 4.90 Å². The SMILES string of the molecule is CC(C)(C)OC(=O)N1Cc2sc(C(=O)O)c(I)c2C1. The molecular formula is C12H14INO4S. The van der Waals surface area contributed by atoms with E-state index in [1.165, 1.54) is 11.3 Å². The Bertz CT molecular complexity index is 547. The van der Waals surface area contributed by atoms with Crippen LogP contribution in [0, 0.1) is 3.57 Å². The number of carboxylic acids is 1. The van der Waals surface area contributed by atoms with Crippen LogP contribution in [0.3, 0.4) is 0 Å². The highest BCUT2D eigenvalue weighted by Crippen LogP contribution is 2.37. The van der Waals surface area contributed by atoms with Gasteiger partial charge in [-0.1, -0.05) is 0 Å². The second-order valence-electron chi connectivity index (χ2n) is 5.29. The van der Waals surface area contributed by atoms with Crippen LogP contribution < -0.4 is 0 Å². The van der Waals surface area contributed by atoms with Gasteiger partial charge in [0.25, 0.3) is 0 Å². The number of fused-ring (bicyclic) bond motifs is 1. The van der Waals surface area contributed by atoms with Gasteiger partial charge in [-0.25, -0.2) is 9.59 Å². The van der Waals surface area contributed by atoms with E-state index in [9.17, 15) is 9.59 Å². The fraction of sp³-hybridized carbons (Fsp3) is 0.500. The lowest BCUT2D eigenvalue weighted by molar-refractivity contribution is 0.0242. The number of carbonyl (C=O) groups excluding carboxylic acids is 1. The van der Waals surface area contributed by atoms with Crippen molar-refractivity contribution < 1.29 is 19.4 Å². The smallest absolute Gasteiger partial charge is 0.410 e. The van der Waals surface area contributed by atoms with Gasteiger partial charge in [0.05, 0.1) is 13.1 Å². The van der Waals surface area contributed by atoms with Gasteiger partial charge in [0.15, 0.2) is 0 Å². The van der Waals surface area contributed by atoms with Gasteiger partial charge >= 0.3 is 12.1 Å². The molecule has 0 bridgehead atoms. The first-order valence-corrected chi connectivity index (χ1v) is 7.60. The zero-order valence-electron chi connectivity index (χ0n) is 10.8. The monoisotopic (exact) mass is 395 g/mol. The van der Waals surface area contributed by atoms with Crippen LogP contribution in [0.5, 0.6) is 0 Å². The summed E-state index contributed by atoms with van der Waals surface area (Å²) in [5.74, 6) is -0.910. The summed E-state index contributed by atoms with van der Waals surface area (Å²) in [5.41, 5.74) is 0.417. The maximum Gasteiger partial charge on any atom is 0.410 e. The molecule has 2 rings (SSSR count). The molecule has 0 unspecified atom stereocenters. The molecule has 7 heteroatoms. The van der Waals surface area contributed by atoms with Crippen LogP contribution in [0.25, 0.3) is 0 Å². The number of halogens is 1. The minimum Gasteiger partial charge on any atom is -0.477 e. The Kier molecular flexibility index (Phi) is 3.78. The number of carboxylic acid groups (broad SMARTS) is 1. The Balaban J connectivity index is 2.14. The Hall–Kier alpha value is -0.830. The van der Waals surface area contributed by atoms with Crippen LogP contribution in [0.1, 0.15) is 40.9 Å². The molecule has 1 amide bonds. The van der Waals surface area contributed by atoms with E-state index in [0.717, 1.165) is 14.0 Å². The molecule has 1 N–H and O–H groups in total. The molecule has 0 saturated carbocycles. The quantitative estimate of drug-likeness (QED) is 0.742. The number of thiophene rings is 1. The second-order valence-corrected chi connectivity index (χ2v) is 7.47. The Morgan fingerprint density at radius 3 is 2.47 bits per heavy atom. The highest BCUT2D eigenvalue weighted by Gasteiger charge is 2.32. The predicted molar refractivity (Wildman–Crippen MR) is 79.5 cm³/mol. The lowest BCUT2D eigenvalue weighted by Crippen LogP contribution is -2.33. The molecule has 1 aromatic rings. The minimum absolute atomic E-state index is 0.356. The van der Waals surface area contributed by atoms with Crippen molar-refractivity contribution in [3.63, 3.8) is 0 Å². The number of carbonyl (C=O) groups is 2. The van der Waals surface area contributed by atoms with Crippen molar-refractivity contribution in [2.24, 2.45) is 0 Å². The molecule has 19 heavy (non-hydrogen) atoms. The number of hydrogen-bond acceptors (Lipinski definition) is 4. The summed E-state index contributed by atoms with van der Waals surface area (Å²) < 4.78 is 6.05. The second kappa shape index (κ2) is 4.93. The van der Waals surface area contributed by atoms with Gasteiger partial charge in [-0.2, -0.15) is 0 Å². The van der Waals surface area contributed by atoms with Gasteiger partial charge < -0.3 is 9.84 Å². The van der Waals surface area contributed by atoms with Crippen LogP contribution in [-0.4, -0.2) is 27.7 Å². The maximum absolute atomic E-state index is 11.9. The molecule has 0 radical (unpaired) electrons. The van der Waals surface area contributed by atoms with Gasteiger partial charge in [0, 0.05) is 14.0 Å². The number of ether oxygens (including phenoxy) is 1. The highest BCUT2D eigenvalue weighted by atomic mass is 127. The molecule has 5 nitrogen and oxygen atoms in total. The zero-order valence-corrected chi connectivity index (χ0v) is 13.8. The Morgan fingerprint density at radius 1 is 1.37 bits per heavy atom. The number of nitrogens with zero attached hydrogens (tertiary/aromatic N) is 1. The van der Waals surface area contributed by atoms with Crippen molar-refractivity contribution in [1.29, 1.82) is 0 Å². The molecule has 0 fully saturated rings. The fourth-order valence-corrected chi connectivity index (χ4v) is 4.08. The lowest BCUT2D eigenvalue weighted by Gasteiger charge is -2.24. The zero-order chi connectivity index (χ0) is 14.4. The molecule has 1 aliphatic heterocycles. The lowest BCUT2D eigenvalue weighted by atomic mass is 10.2. The molecule has 2 heterocycles. The van der Waals surface area contributed by atoms with E-state index < -0.39 is 11.6 Å². The van der Waals surface area contributed by atoms with Crippen molar-refractivity contribution in [2.45, 2.75) is 39.5 Å². The van der Waals surface area contributed by atoms with E-state index in [0.29, 0.717) is 18.0 Å². The Morgan fingerprint density at radius 2 is 2.00 bits per heavy atom. The average molecular weight is 395 g/mol. The number of rotatable bonds is 1. The van der Waals surface area contributed by atoms with Crippen LogP contribution in [0.2, 0.25) is 0 Å². The third-order valence-corrected chi connectivity index (χ3v) is 5.32. The number of hydrogen-bond donors (Lipinski definition) is 1. The van der Waals surface area contributed by atoms with Gasteiger partial charge in [-0.05, 0) is 43.4 Å². The predicted octanol–water partition coefficient (Wildman–Crippen LogP) is 3.30. The summed E-state index contributed by atoms with van der Waals surface area (Å²) in [6.07, 6.45) is -0.358. The van der Waals surface area contributed by atoms with Crippen molar-refractivity contribution in [2.75, 3.05) is 0 Å². The summed E-state index contributed by atoms with van der Waals surface area (Å²) in [5, 5.41) is 9.05. The van der Waals surface area contributed by atoms with E-state index in [-0.39, 0.29) is 6.09 Å². The standard InChI is InChI=1S/C12H14INO4S/c1-12(2,3)18-11(17)14-4-6-7(5-14)19-9(8(6)13)10(15)16/h4-5H2,1-3H3,(H,15,16). The number of aromatic carboxylic acids is 1. The average Bonchev–Trinajstić information content (AvgIpc) is 2.76. The summed E-state index contributed by atoms with van der Waals surface area (Å²) in [6, 6.07) is 0. The molecule has 1 aromatic heterocycles. The first-order chi connectivity index (χ1) is 8.69. The van der Waals surface area contributed by atoms with E-state index in [1.807, 2.05) is 43.4 Å². The van der Waals surface area contributed by atoms with Crippen molar-refractivity contribution in [3.8, 4) is 0 Å². The van der Waals surface area contributed by atoms with E-state index >= 15 is 0 Å². The van der Waals surface area contributed by atoms with Crippen LogP contribution >= 0.6 is 33.9 Å².